The largest absolute Gasteiger partial charge is 0.464 e. The van der Waals surface area contributed by atoms with Crippen LogP contribution in [0.15, 0.2) is 0 Å². The van der Waals surface area contributed by atoms with E-state index in [1.165, 1.54) is 0 Å². The van der Waals surface area contributed by atoms with Gasteiger partial charge in [-0.05, 0) is 25.1 Å². The molecule has 0 saturated carbocycles. The maximum absolute atomic E-state index is 11.1. The zero-order chi connectivity index (χ0) is 11.0. The molecule has 0 atom stereocenters. The van der Waals surface area contributed by atoms with Crippen LogP contribution in [0.25, 0.3) is 0 Å². The Labute approximate surface area is 87.9 Å². The van der Waals surface area contributed by atoms with Crippen LogP contribution in [0, 0.1) is 0 Å². The average Bonchev–Trinajstić information content (AvgIpc) is 2.21. The molecule has 0 spiro atoms. The smallest absolute Gasteiger partial charge is 0.330 e. The highest BCUT2D eigenvalue weighted by Gasteiger charge is 2.29. The molecule has 0 bridgehead atoms. The average molecular weight is 218 g/mol. The summed E-state index contributed by atoms with van der Waals surface area (Å²) in [6.07, 6.45) is 0. The third kappa shape index (κ3) is 4.24. The van der Waals surface area contributed by atoms with E-state index in [1.54, 1.807) is 0 Å². The van der Waals surface area contributed by atoms with Crippen molar-refractivity contribution in [2.24, 2.45) is 0 Å². The SMILES string of the molecule is CCOC(=O)CO[Si](CC)(CC)CC. The van der Waals surface area contributed by atoms with Gasteiger partial charge in [0, 0.05) is 0 Å². The summed E-state index contributed by atoms with van der Waals surface area (Å²) in [4.78, 5) is 11.1. The van der Waals surface area contributed by atoms with Gasteiger partial charge in [0.15, 0.2) is 8.32 Å². The first-order chi connectivity index (χ1) is 6.64. The number of rotatable bonds is 7. The summed E-state index contributed by atoms with van der Waals surface area (Å²) in [5, 5.41) is 0. The lowest BCUT2D eigenvalue weighted by Gasteiger charge is -2.27. The molecule has 0 aliphatic rings. The van der Waals surface area contributed by atoms with Gasteiger partial charge >= 0.3 is 5.97 Å². The van der Waals surface area contributed by atoms with E-state index < -0.39 is 8.32 Å². The first-order valence-electron chi connectivity index (χ1n) is 5.43. The molecule has 0 N–H and O–H groups in total. The molecule has 4 heteroatoms. The summed E-state index contributed by atoms with van der Waals surface area (Å²) in [6, 6.07) is 3.21. The van der Waals surface area contributed by atoms with Crippen LogP contribution in [0.5, 0.6) is 0 Å². The van der Waals surface area contributed by atoms with Crippen LogP contribution in [0.3, 0.4) is 0 Å². The molecule has 0 aromatic carbocycles. The second-order valence-corrected chi connectivity index (χ2v) is 8.11. The molecule has 0 aliphatic heterocycles. The number of esters is 1. The zero-order valence-electron chi connectivity index (χ0n) is 9.76. The highest BCUT2D eigenvalue weighted by molar-refractivity contribution is 6.73. The van der Waals surface area contributed by atoms with Crippen molar-refractivity contribution < 1.29 is 14.0 Å². The quantitative estimate of drug-likeness (QED) is 0.486. The van der Waals surface area contributed by atoms with Crippen LogP contribution >= 0.6 is 0 Å². The minimum atomic E-state index is -1.61. The normalized spacial score (nSPS) is 11.4. The van der Waals surface area contributed by atoms with E-state index in [-0.39, 0.29) is 12.6 Å². The van der Waals surface area contributed by atoms with E-state index >= 15 is 0 Å². The number of carbonyl (C=O) groups excluding carboxylic acids is 1. The summed E-state index contributed by atoms with van der Waals surface area (Å²) in [5.41, 5.74) is 0. The van der Waals surface area contributed by atoms with Crippen molar-refractivity contribution in [1.82, 2.24) is 0 Å². The van der Waals surface area contributed by atoms with Crippen LogP contribution in [-0.2, 0) is 14.0 Å². The lowest BCUT2D eigenvalue weighted by atomic mass is 10.7. The Morgan fingerprint density at radius 3 is 1.93 bits per heavy atom. The molecule has 0 aliphatic carbocycles. The van der Waals surface area contributed by atoms with Gasteiger partial charge in [-0.2, -0.15) is 0 Å². The van der Waals surface area contributed by atoms with E-state index in [1.807, 2.05) is 6.92 Å². The van der Waals surface area contributed by atoms with E-state index in [0.717, 1.165) is 18.1 Å². The van der Waals surface area contributed by atoms with Crippen LogP contribution < -0.4 is 0 Å². The third-order valence-electron chi connectivity index (χ3n) is 2.73. The van der Waals surface area contributed by atoms with Gasteiger partial charge in [-0.15, -0.1) is 0 Å². The van der Waals surface area contributed by atoms with Crippen LogP contribution in [-0.4, -0.2) is 27.5 Å². The Morgan fingerprint density at radius 2 is 1.57 bits per heavy atom. The standard InChI is InChI=1S/C10H22O3Si/c1-5-12-10(11)9-13-14(6-2,7-3)8-4/h5-9H2,1-4H3. The molecule has 0 saturated heterocycles. The van der Waals surface area contributed by atoms with Crippen LogP contribution in [0.2, 0.25) is 18.1 Å². The Hall–Kier alpha value is -0.353. The molecule has 0 heterocycles. The molecule has 0 radical (unpaired) electrons. The van der Waals surface area contributed by atoms with E-state index in [9.17, 15) is 4.79 Å². The van der Waals surface area contributed by atoms with Crippen molar-refractivity contribution in [3.8, 4) is 0 Å². The highest BCUT2D eigenvalue weighted by Crippen LogP contribution is 2.21. The number of hydrogen-bond donors (Lipinski definition) is 0. The monoisotopic (exact) mass is 218 g/mol. The summed E-state index contributed by atoms with van der Waals surface area (Å²) in [7, 11) is -1.61. The lowest BCUT2D eigenvalue weighted by molar-refractivity contribution is -0.145. The molecule has 3 nitrogen and oxygen atoms in total. The van der Waals surface area contributed by atoms with Crippen LogP contribution in [0.4, 0.5) is 0 Å². The van der Waals surface area contributed by atoms with Gasteiger partial charge in [0.2, 0.25) is 0 Å². The topological polar surface area (TPSA) is 35.5 Å². The molecule has 14 heavy (non-hydrogen) atoms. The second-order valence-electron chi connectivity index (χ2n) is 3.34. The van der Waals surface area contributed by atoms with Gasteiger partial charge in [-0.3, -0.25) is 0 Å². The van der Waals surface area contributed by atoms with Crippen molar-refractivity contribution in [3.63, 3.8) is 0 Å². The third-order valence-corrected chi connectivity index (χ3v) is 7.36. The van der Waals surface area contributed by atoms with Crippen molar-refractivity contribution in [2.45, 2.75) is 45.8 Å². The summed E-state index contributed by atoms with van der Waals surface area (Å²) in [5.74, 6) is -0.236. The fourth-order valence-electron chi connectivity index (χ4n) is 1.47. The van der Waals surface area contributed by atoms with Gasteiger partial charge in [0.05, 0.1) is 6.61 Å². The second kappa shape index (κ2) is 7.01. The van der Waals surface area contributed by atoms with E-state index in [0.29, 0.717) is 6.61 Å². The van der Waals surface area contributed by atoms with Gasteiger partial charge < -0.3 is 9.16 Å². The maximum Gasteiger partial charge on any atom is 0.330 e. The molecule has 0 unspecified atom stereocenters. The maximum atomic E-state index is 11.1. The molecule has 0 rings (SSSR count). The lowest BCUT2D eigenvalue weighted by Crippen LogP contribution is -2.37. The first kappa shape index (κ1) is 13.6. The fourth-order valence-corrected chi connectivity index (χ4v) is 4.01. The first-order valence-corrected chi connectivity index (χ1v) is 7.96. The van der Waals surface area contributed by atoms with Crippen molar-refractivity contribution in [3.05, 3.63) is 0 Å². The highest BCUT2D eigenvalue weighted by atomic mass is 28.4. The number of hydrogen-bond acceptors (Lipinski definition) is 3. The van der Waals surface area contributed by atoms with Gasteiger partial charge in [-0.1, -0.05) is 20.8 Å². The molecule has 0 aromatic heterocycles. The Kier molecular flexibility index (Phi) is 6.83. The Balaban J connectivity index is 3.99. The predicted octanol–water partition coefficient (Wildman–Crippen LogP) is 2.57. The van der Waals surface area contributed by atoms with Crippen molar-refractivity contribution in [2.75, 3.05) is 13.2 Å². The molecular formula is C10H22O3Si. The van der Waals surface area contributed by atoms with Crippen molar-refractivity contribution in [1.29, 1.82) is 0 Å². The minimum Gasteiger partial charge on any atom is -0.464 e. The van der Waals surface area contributed by atoms with Gasteiger partial charge in [0.1, 0.15) is 6.61 Å². The Morgan fingerprint density at radius 1 is 1.07 bits per heavy atom. The number of carbonyl (C=O) groups is 1. The van der Waals surface area contributed by atoms with Gasteiger partial charge in [-0.25, -0.2) is 4.79 Å². The van der Waals surface area contributed by atoms with E-state index in [2.05, 4.69) is 20.8 Å². The zero-order valence-corrected chi connectivity index (χ0v) is 10.8. The molecule has 0 aromatic rings. The van der Waals surface area contributed by atoms with Crippen molar-refractivity contribution >= 4 is 14.3 Å². The molecule has 0 amide bonds. The summed E-state index contributed by atoms with van der Waals surface area (Å²) >= 11 is 0. The molecule has 84 valence electrons. The van der Waals surface area contributed by atoms with Gasteiger partial charge in [0.25, 0.3) is 0 Å². The number of ether oxygens (including phenoxy) is 1. The molecular weight excluding hydrogens is 196 g/mol. The fraction of sp³-hybridized carbons (Fsp3) is 0.900. The Bertz CT molecular complexity index is 158. The molecule has 0 fully saturated rings. The van der Waals surface area contributed by atoms with Crippen LogP contribution in [0.1, 0.15) is 27.7 Å². The predicted molar refractivity (Wildman–Crippen MR) is 59.8 cm³/mol. The minimum absolute atomic E-state index is 0.135. The summed E-state index contributed by atoms with van der Waals surface area (Å²) < 4.78 is 10.6. The summed E-state index contributed by atoms with van der Waals surface area (Å²) in [6.45, 7) is 8.80. The van der Waals surface area contributed by atoms with E-state index in [4.69, 9.17) is 9.16 Å².